The zero-order chi connectivity index (χ0) is 9.35. The van der Waals surface area contributed by atoms with E-state index in [1.165, 1.54) is 0 Å². The summed E-state index contributed by atoms with van der Waals surface area (Å²) in [5.41, 5.74) is 0. The number of hydrogen-bond donors (Lipinski definition) is 0. The van der Waals surface area contributed by atoms with E-state index in [-0.39, 0.29) is 21.0 Å². The van der Waals surface area contributed by atoms with E-state index >= 15 is 0 Å². The molecular formula is C8H12Cl4. The Morgan fingerprint density at radius 2 is 1.83 bits per heavy atom. The van der Waals surface area contributed by atoms with Crippen LogP contribution >= 0.6 is 46.4 Å². The normalized spacial score (nSPS) is 49.2. The first-order valence-corrected chi connectivity index (χ1v) is 5.79. The lowest BCUT2D eigenvalue weighted by molar-refractivity contribution is 0.396. The van der Waals surface area contributed by atoms with Crippen LogP contribution in [0.1, 0.15) is 26.2 Å². The van der Waals surface area contributed by atoms with E-state index in [1.54, 1.807) is 0 Å². The molecule has 72 valence electrons. The second-order valence-electron chi connectivity index (χ2n) is 3.33. The average molecular weight is 250 g/mol. The van der Waals surface area contributed by atoms with Gasteiger partial charge >= 0.3 is 0 Å². The summed E-state index contributed by atoms with van der Waals surface area (Å²) in [7, 11) is 0. The van der Waals surface area contributed by atoms with Crippen molar-refractivity contribution in [3.8, 4) is 0 Å². The number of hydrogen-bond acceptors (Lipinski definition) is 0. The summed E-state index contributed by atoms with van der Waals surface area (Å²) >= 11 is 24.4. The molecule has 0 amide bonds. The summed E-state index contributed by atoms with van der Waals surface area (Å²) in [6.07, 6.45) is 2.25. The van der Waals surface area contributed by atoms with E-state index in [4.69, 9.17) is 46.4 Å². The molecule has 0 bridgehead atoms. The molecule has 0 aromatic heterocycles. The minimum atomic E-state index is -0.348. The van der Waals surface area contributed by atoms with Crippen LogP contribution in [0.25, 0.3) is 0 Å². The lowest BCUT2D eigenvalue weighted by Gasteiger charge is -2.39. The van der Waals surface area contributed by atoms with Crippen molar-refractivity contribution < 1.29 is 0 Å². The highest BCUT2D eigenvalue weighted by molar-refractivity contribution is 6.36. The van der Waals surface area contributed by atoms with Gasteiger partial charge in [-0.25, -0.2) is 0 Å². The summed E-state index contributed by atoms with van der Waals surface area (Å²) < 4.78 is 0. The van der Waals surface area contributed by atoms with Crippen LogP contribution in [0.2, 0.25) is 0 Å². The zero-order valence-corrected chi connectivity index (χ0v) is 9.89. The van der Waals surface area contributed by atoms with Crippen LogP contribution in [-0.2, 0) is 0 Å². The SMILES string of the molecule is CC[C@]1(Cl)C[C@H](Cl)[C@H](Cl)C[C@H]1Cl. The van der Waals surface area contributed by atoms with Gasteiger partial charge in [-0.15, -0.1) is 46.4 Å². The summed E-state index contributed by atoms with van der Waals surface area (Å²) in [5.74, 6) is 0. The Labute approximate surface area is 93.5 Å². The minimum absolute atomic E-state index is 0.0346. The van der Waals surface area contributed by atoms with Gasteiger partial charge in [0.2, 0.25) is 0 Å². The predicted molar refractivity (Wildman–Crippen MR) is 57.0 cm³/mol. The molecule has 0 aliphatic heterocycles. The molecule has 0 unspecified atom stereocenters. The average Bonchev–Trinajstić information content (AvgIpc) is 2.01. The molecule has 1 saturated carbocycles. The monoisotopic (exact) mass is 248 g/mol. The van der Waals surface area contributed by atoms with Gasteiger partial charge < -0.3 is 0 Å². The Balaban J connectivity index is 2.67. The summed E-state index contributed by atoms with van der Waals surface area (Å²) in [6.45, 7) is 2.03. The molecule has 1 aliphatic rings. The van der Waals surface area contributed by atoms with E-state index in [2.05, 4.69) is 0 Å². The molecule has 0 saturated heterocycles. The highest BCUT2D eigenvalue weighted by atomic mass is 35.5. The molecule has 0 aromatic rings. The third-order valence-corrected chi connectivity index (χ3v) is 4.97. The second-order valence-corrected chi connectivity index (χ2v) is 5.73. The van der Waals surface area contributed by atoms with Gasteiger partial charge in [0.05, 0.1) is 21.0 Å². The molecule has 0 spiro atoms. The zero-order valence-electron chi connectivity index (χ0n) is 6.87. The number of rotatable bonds is 1. The van der Waals surface area contributed by atoms with Crippen molar-refractivity contribution in [2.24, 2.45) is 0 Å². The van der Waals surface area contributed by atoms with E-state index < -0.39 is 0 Å². The molecule has 1 fully saturated rings. The molecule has 1 aliphatic carbocycles. The summed E-state index contributed by atoms with van der Waals surface area (Å²) in [4.78, 5) is -0.348. The van der Waals surface area contributed by atoms with Crippen LogP contribution in [0.15, 0.2) is 0 Å². The van der Waals surface area contributed by atoms with Gasteiger partial charge in [0.25, 0.3) is 0 Å². The molecule has 4 atom stereocenters. The molecular weight excluding hydrogens is 238 g/mol. The Morgan fingerprint density at radius 1 is 1.25 bits per heavy atom. The van der Waals surface area contributed by atoms with E-state index in [0.29, 0.717) is 12.8 Å². The van der Waals surface area contributed by atoms with Crippen molar-refractivity contribution in [3.63, 3.8) is 0 Å². The summed E-state index contributed by atoms with van der Waals surface area (Å²) in [5, 5.41) is -0.131. The van der Waals surface area contributed by atoms with Gasteiger partial charge in [-0.3, -0.25) is 0 Å². The van der Waals surface area contributed by atoms with E-state index in [9.17, 15) is 0 Å². The molecule has 0 aromatic carbocycles. The molecule has 4 heteroatoms. The van der Waals surface area contributed by atoms with Crippen LogP contribution < -0.4 is 0 Å². The third-order valence-electron chi connectivity index (χ3n) is 2.51. The first-order chi connectivity index (χ1) is 5.49. The van der Waals surface area contributed by atoms with Gasteiger partial charge in [-0.05, 0) is 19.3 Å². The van der Waals surface area contributed by atoms with Crippen LogP contribution in [-0.4, -0.2) is 21.0 Å². The second kappa shape index (κ2) is 4.13. The van der Waals surface area contributed by atoms with Crippen molar-refractivity contribution in [1.29, 1.82) is 0 Å². The van der Waals surface area contributed by atoms with Gasteiger partial charge in [-0.1, -0.05) is 6.92 Å². The summed E-state index contributed by atoms with van der Waals surface area (Å²) in [6, 6.07) is 0. The quantitative estimate of drug-likeness (QED) is 0.617. The molecule has 0 radical (unpaired) electrons. The Bertz CT molecular complexity index is 161. The standard InChI is InChI=1S/C8H12Cl4/c1-2-8(12)4-6(10)5(9)3-7(8)11/h5-7H,2-4H2,1H3/t5-,6+,7-,8+/m1/s1. The first-order valence-electron chi connectivity index (χ1n) is 4.10. The maximum absolute atomic E-state index is 6.30. The van der Waals surface area contributed by atoms with Crippen molar-refractivity contribution in [3.05, 3.63) is 0 Å². The maximum Gasteiger partial charge on any atom is 0.0622 e. The Morgan fingerprint density at radius 3 is 2.33 bits per heavy atom. The molecule has 0 nitrogen and oxygen atoms in total. The maximum atomic E-state index is 6.30. The van der Waals surface area contributed by atoms with E-state index in [1.807, 2.05) is 6.92 Å². The van der Waals surface area contributed by atoms with Crippen molar-refractivity contribution in [1.82, 2.24) is 0 Å². The first kappa shape index (κ1) is 11.2. The molecule has 12 heavy (non-hydrogen) atoms. The fraction of sp³-hybridized carbons (Fsp3) is 1.00. The number of halogens is 4. The van der Waals surface area contributed by atoms with Crippen LogP contribution in [0.4, 0.5) is 0 Å². The highest BCUT2D eigenvalue weighted by Gasteiger charge is 2.43. The smallest absolute Gasteiger partial charge is 0.0622 e. The third kappa shape index (κ3) is 2.15. The van der Waals surface area contributed by atoms with Crippen LogP contribution in [0.5, 0.6) is 0 Å². The predicted octanol–water partition coefficient (Wildman–Crippen LogP) is 3.99. The van der Waals surface area contributed by atoms with Gasteiger partial charge in [0.1, 0.15) is 0 Å². The van der Waals surface area contributed by atoms with Crippen molar-refractivity contribution >= 4 is 46.4 Å². The largest absolute Gasteiger partial charge is 0.121 e. The molecule has 0 N–H and O–H groups in total. The fourth-order valence-corrected chi connectivity index (χ4v) is 3.01. The molecule has 1 rings (SSSR count). The fourth-order valence-electron chi connectivity index (χ4n) is 1.50. The van der Waals surface area contributed by atoms with Crippen LogP contribution in [0, 0.1) is 0 Å². The Kier molecular flexibility index (Phi) is 3.86. The minimum Gasteiger partial charge on any atom is -0.121 e. The Hall–Kier alpha value is 1.16. The van der Waals surface area contributed by atoms with E-state index in [0.717, 1.165) is 6.42 Å². The lowest BCUT2D eigenvalue weighted by atomic mass is 9.85. The van der Waals surface area contributed by atoms with Crippen LogP contribution in [0.3, 0.4) is 0 Å². The molecule has 0 heterocycles. The highest BCUT2D eigenvalue weighted by Crippen LogP contribution is 2.43. The van der Waals surface area contributed by atoms with Crippen molar-refractivity contribution in [2.75, 3.05) is 0 Å². The lowest BCUT2D eigenvalue weighted by Crippen LogP contribution is -2.44. The van der Waals surface area contributed by atoms with Gasteiger partial charge in [0.15, 0.2) is 0 Å². The van der Waals surface area contributed by atoms with Gasteiger partial charge in [0, 0.05) is 0 Å². The van der Waals surface area contributed by atoms with Gasteiger partial charge in [-0.2, -0.15) is 0 Å². The number of alkyl halides is 4. The topological polar surface area (TPSA) is 0 Å². The van der Waals surface area contributed by atoms with Crippen molar-refractivity contribution in [2.45, 2.75) is 47.2 Å².